The average Bonchev–Trinajstić information content (AvgIpc) is 2.19. The Morgan fingerprint density at radius 1 is 1.40 bits per heavy atom. The van der Waals surface area contributed by atoms with Gasteiger partial charge in [-0.05, 0) is 19.4 Å². The lowest BCUT2D eigenvalue weighted by Crippen LogP contribution is -2.29. The molecule has 15 heavy (non-hydrogen) atoms. The summed E-state index contributed by atoms with van der Waals surface area (Å²) in [6, 6.07) is 7.96. The first-order valence-electron chi connectivity index (χ1n) is 5.04. The lowest BCUT2D eigenvalue weighted by molar-refractivity contribution is -0.120. The number of carbonyl (C=O) groups is 1. The van der Waals surface area contributed by atoms with Gasteiger partial charge in [-0.3, -0.25) is 4.79 Å². The summed E-state index contributed by atoms with van der Waals surface area (Å²) in [5.41, 5.74) is 2.23. The van der Waals surface area contributed by atoms with Gasteiger partial charge in [-0.2, -0.15) is 0 Å². The molecule has 3 heteroatoms. The first-order valence-corrected chi connectivity index (χ1v) is 5.48. The van der Waals surface area contributed by atoms with Crippen LogP contribution in [0.5, 0.6) is 0 Å². The Hall–Kier alpha value is -1.02. The van der Waals surface area contributed by atoms with Gasteiger partial charge in [0.1, 0.15) is 0 Å². The minimum Gasteiger partial charge on any atom is -0.354 e. The molecule has 2 nitrogen and oxygen atoms in total. The second-order valence-electron chi connectivity index (χ2n) is 3.75. The summed E-state index contributed by atoms with van der Waals surface area (Å²) in [7, 11) is 0. The van der Waals surface area contributed by atoms with Gasteiger partial charge in [0.2, 0.25) is 5.91 Å². The van der Waals surface area contributed by atoms with E-state index in [0.717, 1.165) is 5.56 Å². The molecule has 0 spiro atoms. The molecule has 0 fully saturated rings. The minimum atomic E-state index is -0.0213. The van der Waals surface area contributed by atoms with Crippen molar-refractivity contribution in [3.63, 3.8) is 0 Å². The molecule has 0 saturated heterocycles. The van der Waals surface area contributed by atoms with E-state index in [0.29, 0.717) is 13.0 Å². The van der Waals surface area contributed by atoms with Crippen molar-refractivity contribution in [3.05, 3.63) is 35.4 Å². The van der Waals surface area contributed by atoms with Gasteiger partial charge in [-0.25, -0.2) is 0 Å². The maximum atomic E-state index is 11.4. The number of nitrogens with one attached hydrogen (secondary N) is 1. The molecule has 1 aromatic rings. The summed E-state index contributed by atoms with van der Waals surface area (Å²) < 4.78 is 0. The van der Waals surface area contributed by atoms with Gasteiger partial charge in [0, 0.05) is 11.9 Å². The molecule has 0 heterocycles. The molecule has 1 rings (SSSR count). The molecule has 0 aliphatic heterocycles. The molecule has 0 aromatic heterocycles. The predicted octanol–water partition coefficient (Wildman–Crippen LogP) is 2.28. The maximum absolute atomic E-state index is 11.4. The summed E-state index contributed by atoms with van der Waals surface area (Å²) >= 11 is 5.73. The highest BCUT2D eigenvalue weighted by molar-refractivity contribution is 6.20. The van der Waals surface area contributed by atoms with E-state index in [1.54, 1.807) is 0 Å². The Labute approximate surface area is 95.6 Å². The number of hydrogen-bond donors (Lipinski definition) is 1. The minimum absolute atomic E-state index is 0.0198. The van der Waals surface area contributed by atoms with E-state index in [4.69, 9.17) is 11.6 Å². The highest BCUT2D eigenvalue weighted by Gasteiger charge is 2.04. The summed E-state index contributed by atoms with van der Waals surface area (Å²) in [4.78, 5) is 11.4. The summed E-state index contributed by atoms with van der Waals surface area (Å²) in [6.07, 6.45) is 0.421. The number of carbonyl (C=O) groups excluding carboxylic acids is 1. The van der Waals surface area contributed by atoms with Crippen LogP contribution >= 0.6 is 11.6 Å². The molecule has 0 bridgehead atoms. The highest BCUT2D eigenvalue weighted by atomic mass is 35.5. The van der Waals surface area contributed by atoms with Crippen molar-refractivity contribution >= 4 is 17.5 Å². The number of hydrogen-bond acceptors (Lipinski definition) is 1. The Balaban J connectivity index is 2.41. The quantitative estimate of drug-likeness (QED) is 0.783. The fraction of sp³-hybridized carbons (Fsp3) is 0.417. The van der Waals surface area contributed by atoms with Crippen LogP contribution in [0.3, 0.4) is 0 Å². The number of benzene rings is 1. The monoisotopic (exact) mass is 225 g/mol. The van der Waals surface area contributed by atoms with Crippen LogP contribution in [0.1, 0.15) is 18.1 Å². The van der Waals surface area contributed by atoms with Gasteiger partial charge in [-0.15, -0.1) is 11.6 Å². The van der Waals surface area contributed by atoms with E-state index >= 15 is 0 Å². The van der Waals surface area contributed by atoms with E-state index in [1.165, 1.54) is 5.56 Å². The van der Waals surface area contributed by atoms with Gasteiger partial charge in [0.25, 0.3) is 0 Å². The zero-order valence-corrected chi connectivity index (χ0v) is 9.84. The third-order valence-corrected chi connectivity index (χ3v) is 2.22. The summed E-state index contributed by atoms with van der Waals surface area (Å²) in [5.74, 6) is 0.0198. The molecule has 1 unspecified atom stereocenters. The lowest BCUT2D eigenvalue weighted by atomic mass is 10.1. The number of amides is 1. The van der Waals surface area contributed by atoms with Crippen molar-refractivity contribution in [2.24, 2.45) is 0 Å². The normalized spacial score (nSPS) is 12.2. The van der Waals surface area contributed by atoms with Crippen molar-refractivity contribution in [3.8, 4) is 0 Å². The van der Waals surface area contributed by atoms with E-state index in [9.17, 15) is 4.79 Å². The number of alkyl halides is 1. The van der Waals surface area contributed by atoms with Gasteiger partial charge in [0.15, 0.2) is 0 Å². The smallest absolute Gasteiger partial charge is 0.224 e. The Bertz CT molecular complexity index is 319. The van der Waals surface area contributed by atoms with Gasteiger partial charge in [0.05, 0.1) is 6.42 Å². The first-order chi connectivity index (χ1) is 7.08. The summed E-state index contributed by atoms with van der Waals surface area (Å²) in [5, 5.41) is 2.75. The summed E-state index contributed by atoms with van der Waals surface area (Å²) in [6.45, 7) is 4.40. The molecule has 1 amide bonds. The molecule has 0 saturated carbocycles. The van der Waals surface area contributed by atoms with Crippen LogP contribution in [0, 0.1) is 6.92 Å². The lowest BCUT2D eigenvalue weighted by Gasteiger charge is -2.06. The van der Waals surface area contributed by atoms with Gasteiger partial charge >= 0.3 is 0 Å². The van der Waals surface area contributed by atoms with Crippen molar-refractivity contribution < 1.29 is 4.79 Å². The van der Waals surface area contributed by atoms with Crippen LogP contribution in [0.4, 0.5) is 0 Å². The Kier molecular flexibility index (Phi) is 4.63. The predicted molar refractivity (Wildman–Crippen MR) is 63.2 cm³/mol. The molecular weight excluding hydrogens is 210 g/mol. The second kappa shape index (κ2) is 5.76. The largest absolute Gasteiger partial charge is 0.354 e. The second-order valence-corrected chi connectivity index (χ2v) is 4.49. The van der Waals surface area contributed by atoms with Crippen LogP contribution in [0.15, 0.2) is 24.3 Å². The van der Waals surface area contributed by atoms with E-state index in [-0.39, 0.29) is 11.3 Å². The Morgan fingerprint density at radius 2 is 2.00 bits per heavy atom. The topological polar surface area (TPSA) is 29.1 Å². The van der Waals surface area contributed by atoms with Crippen LogP contribution in [0.25, 0.3) is 0 Å². The van der Waals surface area contributed by atoms with Gasteiger partial charge < -0.3 is 5.32 Å². The van der Waals surface area contributed by atoms with Crippen molar-refractivity contribution in [1.29, 1.82) is 0 Å². The fourth-order valence-corrected chi connectivity index (χ4v) is 1.29. The molecule has 0 radical (unpaired) electrons. The van der Waals surface area contributed by atoms with E-state index < -0.39 is 0 Å². The third-order valence-electron chi connectivity index (χ3n) is 2.07. The SMILES string of the molecule is Cc1ccc(CC(=O)NCC(C)Cl)cc1. The first kappa shape index (κ1) is 12.1. The zero-order valence-electron chi connectivity index (χ0n) is 9.09. The molecule has 82 valence electrons. The molecule has 0 aliphatic carbocycles. The molecule has 1 N–H and O–H groups in total. The highest BCUT2D eigenvalue weighted by Crippen LogP contribution is 2.03. The molecule has 1 atom stereocenters. The Morgan fingerprint density at radius 3 is 2.53 bits per heavy atom. The molecule has 0 aliphatic rings. The standard InChI is InChI=1S/C12H16ClNO/c1-9-3-5-11(6-4-9)7-12(15)14-8-10(2)13/h3-6,10H,7-8H2,1-2H3,(H,14,15). The molecule has 1 aromatic carbocycles. The van der Waals surface area contributed by atoms with Crippen molar-refractivity contribution in [2.75, 3.05) is 6.54 Å². The van der Waals surface area contributed by atoms with Crippen molar-refractivity contribution in [1.82, 2.24) is 5.32 Å². The van der Waals surface area contributed by atoms with E-state index in [2.05, 4.69) is 5.32 Å². The fourth-order valence-electron chi connectivity index (χ4n) is 1.21. The number of halogens is 1. The maximum Gasteiger partial charge on any atom is 0.224 e. The van der Waals surface area contributed by atoms with Crippen LogP contribution < -0.4 is 5.32 Å². The number of rotatable bonds is 4. The van der Waals surface area contributed by atoms with Crippen LogP contribution in [0.2, 0.25) is 0 Å². The molecular formula is C12H16ClNO. The van der Waals surface area contributed by atoms with Crippen molar-refractivity contribution in [2.45, 2.75) is 25.6 Å². The zero-order chi connectivity index (χ0) is 11.3. The van der Waals surface area contributed by atoms with Gasteiger partial charge in [-0.1, -0.05) is 29.8 Å². The van der Waals surface area contributed by atoms with E-state index in [1.807, 2.05) is 38.1 Å². The number of aryl methyl sites for hydroxylation is 1. The third kappa shape index (κ3) is 4.84. The van der Waals surface area contributed by atoms with Crippen LogP contribution in [-0.4, -0.2) is 17.8 Å². The average molecular weight is 226 g/mol. The van der Waals surface area contributed by atoms with Crippen LogP contribution in [-0.2, 0) is 11.2 Å².